The highest BCUT2D eigenvalue weighted by Crippen LogP contribution is 2.37. The van der Waals surface area contributed by atoms with Gasteiger partial charge in [0.2, 0.25) is 0 Å². The second-order valence-electron chi connectivity index (χ2n) is 4.31. The fourth-order valence-corrected chi connectivity index (χ4v) is 2.42. The Hall–Kier alpha value is -1.64. The van der Waals surface area contributed by atoms with Crippen molar-refractivity contribution in [3.63, 3.8) is 0 Å². The Kier molecular flexibility index (Phi) is 2.06. The van der Waals surface area contributed by atoms with Gasteiger partial charge in [0.1, 0.15) is 5.82 Å². The fourth-order valence-electron chi connectivity index (χ4n) is 2.42. The average Bonchev–Trinajstić information content (AvgIpc) is 2.83. The summed E-state index contributed by atoms with van der Waals surface area (Å²) in [7, 11) is 2.08. The molecule has 16 heavy (non-hydrogen) atoms. The van der Waals surface area contributed by atoms with E-state index in [1.807, 2.05) is 6.21 Å². The maximum atomic E-state index is 13.2. The van der Waals surface area contributed by atoms with Gasteiger partial charge in [-0.2, -0.15) is 0 Å². The molecule has 0 aromatic heterocycles. The third kappa shape index (κ3) is 1.35. The molecule has 2 nitrogen and oxygen atoms in total. The molecule has 1 aromatic rings. The monoisotopic (exact) mass is 216 g/mol. The van der Waals surface area contributed by atoms with Crippen LogP contribution in [-0.4, -0.2) is 24.7 Å². The third-order valence-electron chi connectivity index (χ3n) is 3.26. The van der Waals surface area contributed by atoms with Crippen molar-refractivity contribution in [2.75, 3.05) is 13.6 Å². The molecule has 0 spiro atoms. The predicted molar refractivity (Wildman–Crippen MR) is 63.3 cm³/mol. The van der Waals surface area contributed by atoms with Gasteiger partial charge >= 0.3 is 0 Å². The second-order valence-corrected chi connectivity index (χ2v) is 4.31. The van der Waals surface area contributed by atoms with E-state index in [2.05, 4.69) is 16.9 Å². The summed E-state index contributed by atoms with van der Waals surface area (Å²) in [5.74, 6) is -0.192. The summed E-state index contributed by atoms with van der Waals surface area (Å²) < 4.78 is 13.2. The van der Waals surface area contributed by atoms with Crippen molar-refractivity contribution < 1.29 is 4.39 Å². The van der Waals surface area contributed by atoms with E-state index < -0.39 is 0 Å². The molecule has 0 radical (unpaired) electrons. The minimum Gasteiger partial charge on any atom is -0.377 e. The molecule has 0 atom stereocenters. The van der Waals surface area contributed by atoms with E-state index >= 15 is 0 Å². The van der Waals surface area contributed by atoms with Gasteiger partial charge in [-0.3, -0.25) is 4.99 Å². The molecule has 3 rings (SSSR count). The van der Waals surface area contributed by atoms with Crippen molar-refractivity contribution in [2.24, 2.45) is 4.99 Å². The van der Waals surface area contributed by atoms with Gasteiger partial charge in [0.15, 0.2) is 0 Å². The molecule has 0 amide bonds. The van der Waals surface area contributed by atoms with Gasteiger partial charge in [0.05, 0.1) is 5.69 Å². The van der Waals surface area contributed by atoms with Crippen LogP contribution in [0.15, 0.2) is 28.9 Å². The van der Waals surface area contributed by atoms with Crippen molar-refractivity contribution in [2.45, 2.75) is 12.8 Å². The number of hydrogen-bond donors (Lipinski definition) is 0. The zero-order valence-corrected chi connectivity index (χ0v) is 9.20. The molecule has 1 aromatic carbocycles. The van der Waals surface area contributed by atoms with Crippen LogP contribution < -0.4 is 0 Å². The highest BCUT2D eigenvalue weighted by molar-refractivity contribution is 6.17. The van der Waals surface area contributed by atoms with Crippen LogP contribution in [0.5, 0.6) is 0 Å². The smallest absolute Gasteiger partial charge is 0.123 e. The summed E-state index contributed by atoms with van der Waals surface area (Å²) >= 11 is 0. The van der Waals surface area contributed by atoms with Gasteiger partial charge in [-0.25, -0.2) is 4.39 Å². The molecular formula is C13H13FN2. The number of allylic oxidation sites excluding steroid dienone is 2. The number of halogens is 1. The Morgan fingerprint density at radius 1 is 1.38 bits per heavy atom. The number of aliphatic imine (C=N–C) groups is 1. The standard InChI is InChI=1S/C13H13FN2/c1-16-6-2-3-13(16)11-8-15-12-5-4-9(14)7-10(11)12/h4-5,7-8H,2-3,6H2,1H3/b13-11+. The number of nitrogens with zero attached hydrogens (tertiary/aromatic N) is 2. The lowest BCUT2D eigenvalue weighted by Gasteiger charge is -2.15. The normalized spacial score (nSPS) is 23.0. The van der Waals surface area contributed by atoms with Crippen LogP contribution in [0.1, 0.15) is 18.4 Å². The molecule has 0 bridgehead atoms. The van der Waals surface area contributed by atoms with Gasteiger partial charge in [-0.1, -0.05) is 0 Å². The van der Waals surface area contributed by atoms with E-state index in [-0.39, 0.29) is 5.82 Å². The van der Waals surface area contributed by atoms with Crippen LogP contribution >= 0.6 is 0 Å². The summed E-state index contributed by atoms with van der Waals surface area (Å²) in [4.78, 5) is 6.56. The molecule has 1 saturated heterocycles. The molecule has 0 saturated carbocycles. The fraction of sp³-hybridized carbons (Fsp3) is 0.308. The molecule has 2 heterocycles. The Morgan fingerprint density at radius 2 is 2.25 bits per heavy atom. The van der Waals surface area contributed by atoms with Gasteiger partial charge < -0.3 is 4.90 Å². The van der Waals surface area contributed by atoms with E-state index in [9.17, 15) is 4.39 Å². The van der Waals surface area contributed by atoms with Crippen LogP contribution in [-0.2, 0) is 0 Å². The lowest BCUT2D eigenvalue weighted by Crippen LogP contribution is -2.11. The zero-order chi connectivity index (χ0) is 11.1. The third-order valence-corrected chi connectivity index (χ3v) is 3.26. The van der Waals surface area contributed by atoms with Gasteiger partial charge in [-0.15, -0.1) is 0 Å². The summed E-state index contributed by atoms with van der Waals surface area (Å²) in [5, 5.41) is 0. The maximum Gasteiger partial charge on any atom is 0.123 e. The van der Waals surface area contributed by atoms with Gasteiger partial charge in [0, 0.05) is 36.6 Å². The van der Waals surface area contributed by atoms with Crippen molar-refractivity contribution in [1.82, 2.24) is 4.90 Å². The molecule has 0 N–H and O–H groups in total. The number of likely N-dealkylation sites (tertiary alicyclic amines) is 1. The zero-order valence-electron chi connectivity index (χ0n) is 9.20. The summed E-state index contributed by atoms with van der Waals surface area (Å²) in [6.45, 7) is 1.08. The Bertz CT molecular complexity index is 503. The topological polar surface area (TPSA) is 15.6 Å². The number of fused-ring (bicyclic) bond motifs is 1. The van der Waals surface area contributed by atoms with Crippen molar-refractivity contribution >= 4 is 17.5 Å². The number of hydrogen-bond acceptors (Lipinski definition) is 2. The molecule has 3 heteroatoms. The molecule has 82 valence electrons. The van der Waals surface area contributed by atoms with E-state index in [4.69, 9.17) is 0 Å². The van der Waals surface area contributed by atoms with Gasteiger partial charge in [0.25, 0.3) is 0 Å². The summed E-state index contributed by atoms with van der Waals surface area (Å²) in [5.41, 5.74) is 4.19. The highest BCUT2D eigenvalue weighted by Gasteiger charge is 2.22. The first kappa shape index (κ1) is 9.58. The summed E-state index contributed by atoms with van der Waals surface area (Å²) in [6.07, 6.45) is 4.10. The van der Waals surface area contributed by atoms with E-state index in [0.717, 1.165) is 29.8 Å². The first-order chi connectivity index (χ1) is 7.75. The minimum absolute atomic E-state index is 0.192. The SMILES string of the molecule is CN1CCC/C1=C1/C=Nc2ccc(F)cc21. The quantitative estimate of drug-likeness (QED) is 0.651. The van der Waals surface area contributed by atoms with Crippen molar-refractivity contribution in [3.05, 3.63) is 35.3 Å². The Balaban J connectivity index is 2.15. The first-order valence-electron chi connectivity index (χ1n) is 5.54. The van der Waals surface area contributed by atoms with Crippen LogP contribution in [0.25, 0.3) is 5.57 Å². The van der Waals surface area contributed by atoms with E-state index in [0.29, 0.717) is 0 Å². The van der Waals surface area contributed by atoms with Crippen molar-refractivity contribution in [3.8, 4) is 0 Å². The van der Waals surface area contributed by atoms with Crippen LogP contribution in [0, 0.1) is 5.82 Å². The lowest BCUT2D eigenvalue weighted by atomic mass is 10.0. The highest BCUT2D eigenvalue weighted by atomic mass is 19.1. The predicted octanol–water partition coefficient (Wildman–Crippen LogP) is 2.98. The van der Waals surface area contributed by atoms with E-state index in [1.54, 1.807) is 12.1 Å². The van der Waals surface area contributed by atoms with Crippen LogP contribution in [0.2, 0.25) is 0 Å². The lowest BCUT2D eigenvalue weighted by molar-refractivity contribution is 0.484. The second kappa shape index (κ2) is 3.44. The largest absolute Gasteiger partial charge is 0.377 e. The van der Waals surface area contributed by atoms with Crippen molar-refractivity contribution in [1.29, 1.82) is 0 Å². The minimum atomic E-state index is -0.192. The molecule has 1 fully saturated rings. The molecule has 2 aliphatic rings. The van der Waals surface area contributed by atoms with Gasteiger partial charge in [-0.05, 0) is 31.0 Å². The Morgan fingerprint density at radius 3 is 3.00 bits per heavy atom. The molecular weight excluding hydrogens is 203 g/mol. The van der Waals surface area contributed by atoms with E-state index in [1.165, 1.54) is 18.2 Å². The first-order valence-corrected chi connectivity index (χ1v) is 5.54. The number of benzene rings is 1. The summed E-state index contributed by atoms with van der Waals surface area (Å²) in [6, 6.07) is 4.78. The number of rotatable bonds is 0. The average molecular weight is 216 g/mol. The molecule has 0 aliphatic carbocycles. The molecule has 2 aliphatic heterocycles. The maximum absolute atomic E-state index is 13.2. The molecule has 0 unspecified atom stereocenters. The van der Waals surface area contributed by atoms with Crippen LogP contribution in [0.4, 0.5) is 10.1 Å². The van der Waals surface area contributed by atoms with Crippen LogP contribution in [0.3, 0.4) is 0 Å². The Labute approximate surface area is 94.1 Å².